The number of fused-ring (bicyclic) bond motifs is 2. The number of nitrogens with zero attached hydrogens (tertiary/aromatic N) is 1. The van der Waals surface area contributed by atoms with E-state index in [1.54, 1.807) is 13.3 Å². The Morgan fingerprint density at radius 3 is 2.85 bits per heavy atom. The smallest absolute Gasteiger partial charge is 0.170 e. The average Bonchev–Trinajstić information content (AvgIpc) is 3.12. The number of methoxy groups -OCH3 is 1. The van der Waals surface area contributed by atoms with Crippen LogP contribution in [0.2, 0.25) is 0 Å². The summed E-state index contributed by atoms with van der Waals surface area (Å²) in [5.41, 5.74) is 3.04. The highest BCUT2D eigenvalue weighted by Gasteiger charge is 2.41. The van der Waals surface area contributed by atoms with Crippen molar-refractivity contribution in [2.75, 3.05) is 20.2 Å². The molecule has 0 bridgehead atoms. The van der Waals surface area contributed by atoms with Crippen LogP contribution in [0.15, 0.2) is 36.7 Å². The molecule has 6 nitrogen and oxygen atoms in total. The number of benzene rings is 1. The van der Waals surface area contributed by atoms with Crippen LogP contribution in [0.5, 0.6) is 11.5 Å². The Morgan fingerprint density at radius 1 is 1.19 bits per heavy atom. The van der Waals surface area contributed by atoms with E-state index in [1.807, 2.05) is 30.5 Å². The lowest BCUT2D eigenvalue weighted by atomic mass is 9.82. The Labute approximate surface area is 156 Å². The van der Waals surface area contributed by atoms with Gasteiger partial charge in [-0.1, -0.05) is 6.07 Å². The second kappa shape index (κ2) is 6.09. The van der Waals surface area contributed by atoms with Crippen molar-refractivity contribution < 1.29 is 14.3 Å². The van der Waals surface area contributed by atoms with Gasteiger partial charge in [0.05, 0.1) is 24.5 Å². The van der Waals surface area contributed by atoms with E-state index in [2.05, 4.69) is 15.3 Å². The van der Waals surface area contributed by atoms with Gasteiger partial charge in [-0.15, -0.1) is 0 Å². The van der Waals surface area contributed by atoms with Crippen molar-refractivity contribution in [3.63, 3.8) is 0 Å². The van der Waals surface area contributed by atoms with Crippen LogP contribution in [-0.4, -0.2) is 41.6 Å². The van der Waals surface area contributed by atoms with Gasteiger partial charge in [0.15, 0.2) is 5.78 Å². The molecule has 0 aliphatic carbocycles. The van der Waals surface area contributed by atoms with Gasteiger partial charge in [-0.25, -0.2) is 4.98 Å². The fourth-order valence-electron chi connectivity index (χ4n) is 4.25. The third kappa shape index (κ3) is 2.59. The average molecular weight is 363 g/mol. The lowest BCUT2D eigenvalue weighted by molar-refractivity contribution is 0.0188. The molecule has 2 aromatic heterocycles. The van der Waals surface area contributed by atoms with E-state index in [4.69, 9.17) is 9.47 Å². The lowest BCUT2D eigenvalue weighted by Gasteiger charge is -2.41. The molecule has 2 N–H and O–H groups in total. The SMILES string of the molecule is COc1ccnc2[nH]cc(-c3ccc4c(c3)OC3(CCNCC3)CC4=O)c12. The summed E-state index contributed by atoms with van der Waals surface area (Å²) in [6.07, 6.45) is 5.82. The summed E-state index contributed by atoms with van der Waals surface area (Å²) < 4.78 is 11.9. The first-order valence-corrected chi connectivity index (χ1v) is 9.27. The number of ketones is 1. The van der Waals surface area contributed by atoms with Crippen molar-refractivity contribution in [2.24, 2.45) is 0 Å². The largest absolute Gasteiger partial charge is 0.496 e. The van der Waals surface area contributed by atoms with Crippen LogP contribution in [-0.2, 0) is 0 Å². The normalized spacial score (nSPS) is 18.3. The topological polar surface area (TPSA) is 76.2 Å². The predicted molar refractivity (Wildman–Crippen MR) is 102 cm³/mol. The minimum Gasteiger partial charge on any atom is -0.496 e. The van der Waals surface area contributed by atoms with Crippen molar-refractivity contribution in [1.29, 1.82) is 0 Å². The Bertz CT molecular complexity index is 1030. The summed E-state index contributed by atoms with van der Waals surface area (Å²) in [5, 5.41) is 4.27. The Balaban J connectivity index is 1.61. The molecule has 2 aliphatic heterocycles. The van der Waals surface area contributed by atoms with E-state index in [0.717, 1.165) is 53.8 Å². The van der Waals surface area contributed by atoms with Gasteiger partial charge in [-0.3, -0.25) is 4.79 Å². The first-order valence-electron chi connectivity index (χ1n) is 9.27. The molecular formula is C21H21N3O3. The second-order valence-electron chi connectivity index (χ2n) is 7.29. The summed E-state index contributed by atoms with van der Waals surface area (Å²) in [4.78, 5) is 20.3. The van der Waals surface area contributed by atoms with Crippen molar-refractivity contribution in [3.05, 3.63) is 42.2 Å². The maximum atomic E-state index is 12.7. The molecular weight excluding hydrogens is 342 g/mol. The van der Waals surface area contributed by atoms with Crippen LogP contribution in [0.3, 0.4) is 0 Å². The summed E-state index contributed by atoms with van der Waals surface area (Å²) >= 11 is 0. The number of H-pyrrole nitrogens is 1. The molecule has 0 amide bonds. The second-order valence-corrected chi connectivity index (χ2v) is 7.29. The monoisotopic (exact) mass is 363 g/mol. The number of pyridine rings is 1. The molecule has 1 fully saturated rings. The van der Waals surface area contributed by atoms with Gasteiger partial charge < -0.3 is 19.8 Å². The van der Waals surface area contributed by atoms with Crippen LogP contribution in [0, 0.1) is 0 Å². The fourth-order valence-corrected chi connectivity index (χ4v) is 4.25. The maximum absolute atomic E-state index is 12.7. The Kier molecular flexibility index (Phi) is 3.68. The molecule has 1 saturated heterocycles. The van der Waals surface area contributed by atoms with Crippen LogP contribution in [0.1, 0.15) is 29.6 Å². The summed E-state index contributed by atoms with van der Waals surface area (Å²) in [6.45, 7) is 1.77. The maximum Gasteiger partial charge on any atom is 0.170 e. The number of aromatic amines is 1. The fraction of sp³-hybridized carbons (Fsp3) is 0.333. The first kappa shape index (κ1) is 16.3. The standard InChI is InChI=1S/C21H21N3O3/c1-26-17-4-7-23-20-19(17)15(12-24-20)13-2-3-14-16(25)11-21(27-18(14)10-13)5-8-22-9-6-21/h2-4,7,10,12,22H,5-6,8-9,11H2,1H3,(H,23,24). The number of ether oxygens (including phenoxy) is 2. The van der Waals surface area contributed by atoms with Gasteiger partial charge in [0.25, 0.3) is 0 Å². The van der Waals surface area contributed by atoms with E-state index in [-0.39, 0.29) is 11.4 Å². The van der Waals surface area contributed by atoms with E-state index in [9.17, 15) is 4.79 Å². The Morgan fingerprint density at radius 2 is 2.04 bits per heavy atom. The third-order valence-electron chi connectivity index (χ3n) is 5.67. The van der Waals surface area contributed by atoms with Crippen molar-refractivity contribution in [1.82, 2.24) is 15.3 Å². The third-order valence-corrected chi connectivity index (χ3v) is 5.67. The van der Waals surface area contributed by atoms with Crippen molar-refractivity contribution >= 4 is 16.8 Å². The molecule has 0 radical (unpaired) electrons. The lowest BCUT2D eigenvalue weighted by Crippen LogP contribution is -2.49. The van der Waals surface area contributed by atoms with Crippen LogP contribution in [0.25, 0.3) is 22.2 Å². The van der Waals surface area contributed by atoms with E-state index in [1.165, 1.54) is 0 Å². The van der Waals surface area contributed by atoms with Gasteiger partial charge >= 0.3 is 0 Å². The molecule has 1 spiro atoms. The predicted octanol–water partition coefficient (Wildman–Crippen LogP) is 3.33. The van der Waals surface area contributed by atoms with Crippen LogP contribution < -0.4 is 14.8 Å². The summed E-state index contributed by atoms with van der Waals surface area (Å²) in [5.74, 6) is 1.62. The number of Topliss-reactive ketones (excluding diaryl/α,β-unsaturated/α-hetero) is 1. The zero-order chi connectivity index (χ0) is 18.4. The molecule has 1 aromatic carbocycles. The van der Waals surface area contributed by atoms with E-state index >= 15 is 0 Å². The molecule has 138 valence electrons. The number of nitrogens with one attached hydrogen (secondary N) is 2. The molecule has 27 heavy (non-hydrogen) atoms. The first-order chi connectivity index (χ1) is 13.2. The van der Waals surface area contributed by atoms with Crippen LogP contribution >= 0.6 is 0 Å². The summed E-state index contributed by atoms with van der Waals surface area (Å²) in [6, 6.07) is 7.67. The molecule has 0 unspecified atom stereocenters. The van der Waals surface area contributed by atoms with Crippen LogP contribution in [0.4, 0.5) is 0 Å². The van der Waals surface area contributed by atoms with Gasteiger partial charge in [0, 0.05) is 30.8 Å². The number of aromatic nitrogens is 2. The summed E-state index contributed by atoms with van der Waals surface area (Å²) in [7, 11) is 1.65. The highest BCUT2D eigenvalue weighted by molar-refractivity contribution is 6.03. The molecule has 3 aromatic rings. The zero-order valence-corrected chi connectivity index (χ0v) is 15.2. The molecule has 0 atom stereocenters. The van der Waals surface area contributed by atoms with E-state index in [0.29, 0.717) is 17.7 Å². The number of hydrogen-bond donors (Lipinski definition) is 2. The van der Waals surface area contributed by atoms with Crippen molar-refractivity contribution in [3.8, 4) is 22.6 Å². The number of piperidine rings is 1. The van der Waals surface area contributed by atoms with Gasteiger partial charge in [-0.2, -0.15) is 0 Å². The highest BCUT2D eigenvalue weighted by Crippen LogP contribution is 2.42. The van der Waals surface area contributed by atoms with Gasteiger partial charge in [0.2, 0.25) is 0 Å². The minimum atomic E-state index is -0.368. The molecule has 5 rings (SSSR count). The minimum absolute atomic E-state index is 0.169. The number of carbonyl (C=O) groups excluding carboxylic acids is 1. The Hall–Kier alpha value is -2.86. The molecule has 6 heteroatoms. The van der Waals surface area contributed by atoms with E-state index < -0.39 is 0 Å². The van der Waals surface area contributed by atoms with Crippen molar-refractivity contribution in [2.45, 2.75) is 24.9 Å². The quantitative estimate of drug-likeness (QED) is 0.730. The number of hydrogen-bond acceptors (Lipinski definition) is 5. The molecule has 2 aliphatic rings. The molecule has 0 saturated carbocycles. The number of carbonyl (C=O) groups is 1. The molecule has 4 heterocycles. The highest BCUT2D eigenvalue weighted by atomic mass is 16.5. The zero-order valence-electron chi connectivity index (χ0n) is 15.2. The number of rotatable bonds is 2. The van der Waals surface area contributed by atoms with Gasteiger partial charge in [-0.05, 0) is 36.9 Å². The van der Waals surface area contributed by atoms with Gasteiger partial charge in [0.1, 0.15) is 22.7 Å².